The number of para-hydroxylation sites is 1. The smallest absolute Gasteiger partial charge is 0.365 e. The second-order valence-corrected chi connectivity index (χ2v) is 5.60. The van der Waals surface area contributed by atoms with Gasteiger partial charge in [0, 0.05) is 11.9 Å². The summed E-state index contributed by atoms with van der Waals surface area (Å²) in [5.41, 5.74) is 0.147. The van der Waals surface area contributed by atoms with Gasteiger partial charge in [-0.15, -0.1) is 0 Å². The van der Waals surface area contributed by atoms with E-state index in [4.69, 9.17) is 4.42 Å². The lowest BCUT2D eigenvalue weighted by Crippen LogP contribution is -2.38. The van der Waals surface area contributed by atoms with Gasteiger partial charge >= 0.3 is 11.2 Å². The molecule has 6 nitrogen and oxygen atoms in total. The molecular formula is C19H14N2O4. The highest BCUT2D eigenvalue weighted by atomic mass is 16.5. The van der Waals surface area contributed by atoms with Crippen LogP contribution in [0.4, 0.5) is 0 Å². The zero-order chi connectivity index (χ0) is 17.4. The van der Waals surface area contributed by atoms with Crippen LogP contribution in [0.1, 0.15) is 5.56 Å². The molecule has 6 heteroatoms. The molecule has 0 bridgehead atoms. The number of furan rings is 1. The summed E-state index contributed by atoms with van der Waals surface area (Å²) in [6.45, 7) is 0.189. The van der Waals surface area contributed by atoms with E-state index in [1.165, 1.54) is 4.57 Å². The lowest BCUT2D eigenvalue weighted by molar-refractivity contribution is 0.157. The second kappa shape index (κ2) is 5.83. The number of rotatable bonds is 3. The van der Waals surface area contributed by atoms with Crippen LogP contribution >= 0.6 is 0 Å². The van der Waals surface area contributed by atoms with Crippen molar-refractivity contribution in [1.29, 1.82) is 0 Å². The summed E-state index contributed by atoms with van der Waals surface area (Å²) in [5.74, 6) is 0. The van der Waals surface area contributed by atoms with E-state index in [-0.39, 0.29) is 16.9 Å². The minimum Gasteiger partial charge on any atom is -0.448 e. The maximum absolute atomic E-state index is 12.4. The zero-order valence-electron chi connectivity index (χ0n) is 13.1. The summed E-state index contributed by atoms with van der Waals surface area (Å²) in [6.07, 6.45) is 3.66. The fourth-order valence-electron chi connectivity index (χ4n) is 2.87. The highest BCUT2D eigenvalue weighted by Gasteiger charge is 2.18. The zero-order valence-corrected chi connectivity index (χ0v) is 13.1. The Balaban J connectivity index is 1.92. The maximum Gasteiger partial charge on any atom is 0.365 e. The standard InChI is InChI=1S/C19H14N2O4/c22-18-17-16(14-10-4-5-11-15(14)25-17)20(19(23)21(18)24)12-6-9-13-7-2-1-3-8-13/h1-11,24H,12H2/b9-6+. The van der Waals surface area contributed by atoms with E-state index in [0.29, 0.717) is 16.5 Å². The van der Waals surface area contributed by atoms with Gasteiger partial charge in [-0.05, 0) is 17.7 Å². The molecule has 0 amide bonds. The Morgan fingerprint density at radius 1 is 1.00 bits per heavy atom. The minimum atomic E-state index is -0.862. The lowest BCUT2D eigenvalue weighted by Gasteiger charge is -2.05. The van der Waals surface area contributed by atoms with Gasteiger partial charge < -0.3 is 9.62 Å². The van der Waals surface area contributed by atoms with E-state index in [2.05, 4.69) is 0 Å². The van der Waals surface area contributed by atoms with E-state index in [9.17, 15) is 14.8 Å². The molecule has 2 heterocycles. The van der Waals surface area contributed by atoms with E-state index in [0.717, 1.165) is 5.56 Å². The van der Waals surface area contributed by atoms with Crippen molar-refractivity contribution in [2.75, 3.05) is 0 Å². The highest BCUT2D eigenvalue weighted by molar-refractivity contribution is 6.02. The Bertz CT molecular complexity index is 1210. The van der Waals surface area contributed by atoms with Gasteiger partial charge in [0.1, 0.15) is 11.1 Å². The molecule has 0 radical (unpaired) electrons. The van der Waals surface area contributed by atoms with Gasteiger partial charge in [0.2, 0.25) is 5.58 Å². The van der Waals surface area contributed by atoms with Crippen molar-refractivity contribution < 1.29 is 9.62 Å². The van der Waals surface area contributed by atoms with Gasteiger partial charge in [0.05, 0.1) is 0 Å². The molecule has 0 unspecified atom stereocenters. The van der Waals surface area contributed by atoms with Crippen LogP contribution in [-0.4, -0.2) is 14.5 Å². The minimum absolute atomic E-state index is 0.0450. The van der Waals surface area contributed by atoms with Crippen molar-refractivity contribution >= 4 is 28.1 Å². The SMILES string of the molecule is O=c1c2oc3ccccc3c2n(C/C=C/c2ccccc2)c(=O)n1O. The molecule has 0 saturated heterocycles. The van der Waals surface area contributed by atoms with Crippen molar-refractivity contribution in [2.24, 2.45) is 0 Å². The van der Waals surface area contributed by atoms with E-state index in [1.807, 2.05) is 36.4 Å². The summed E-state index contributed by atoms with van der Waals surface area (Å²) in [6, 6.07) is 16.7. The Hall–Kier alpha value is -3.54. The van der Waals surface area contributed by atoms with Crippen LogP contribution in [0.15, 0.2) is 74.7 Å². The van der Waals surface area contributed by atoms with E-state index >= 15 is 0 Å². The van der Waals surface area contributed by atoms with Crippen molar-refractivity contribution in [3.05, 3.63) is 87.1 Å². The first-order valence-corrected chi connectivity index (χ1v) is 7.75. The van der Waals surface area contributed by atoms with Crippen molar-refractivity contribution in [1.82, 2.24) is 9.30 Å². The predicted octanol–water partition coefficient (Wildman–Crippen LogP) is 2.86. The molecule has 25 heavy (non-hydrogen) atoms. The Morgan fingerprint density at radius 3 is 2.52 bits per heavy atom. The molecular weight excluding hydrogens is 320 g/mol. The molecule has 0 saturated carbocycles. The summed E-state index contributed by atoms with van der Waals surface area (Å²) in [5, 5.41) is 10.5. The van der Waals surface area contributed by atoms with Gasteiger partial charge in [0.15, 0.2) is 0 Å². The molecule has 0 fully saturated rings. The topological polar surface area (TPSA) is 77.4 Å². The Kier molecular flexibility index (Phi) is 3.50. The van der Waals surface area contributed by atoms with Gasteiger partial charge in [-0.1, -0.05) is 59.3 Å². The molecule has 0 atom stereocenters. The van der Waals surface area contributed by atoms with Crippen LogP contribution in [0.5, 0.6) is 0 Å². The van der Waals surface area contributed by atoms with Crippen LogP contribution in [0.3, 0.4) is 0 Å². The van der Waals surface area contributed by atoms with Gasteiger partial charge in [0.25, 0.3) is 0 Å². The van der Waals surface area contributed by atoms with Crippen molar-refractivity contribution in [2.45, 2.75) is 6.54 Å². The first-order chi connectivity index (χ1) is 12.2. The number of nitrogens with zero attached hydrogens (tertiary/aromatic N) is 2. The summed E-state index contributed by atoms with van der Waals surface area (Å²) in [7, 11) is 0. The predicted molar refractivity (Wildman–Crippen MR) is 94.9 cm³/mol. The molecule has 1 N–H and O–H groups in total. The fraction of sp³-hybridized carbons (Fsp3) is 0.0526. The number of hydrogen-bond donors (Lipinski definition) is 1. The first kappa shape index (κ1) is 15.0. The number of benzene rings is 2. The van der Waals surface area contributed by atoms with Crippen molar-refractivity contribution in [3.8, 4) is 0 Å². The summed E-state index contributed by atoms with van der Waals surface area (Å²) < 4.78 is 6.95. The van der Waals surface area contributed by atoms with Crippen LogP contribution in [0.2, 0.25) is 0 Å². The Morgan fingerprint density at radius 2 is 1.72 bits per heavy atom. The maximum atomic E-state index is 12.4. The van der Waals surface area contributed by atoms with Crippen LogP contribution in [0, 0.1) is 0 Å². The van der Waals surface area contributed by atoms with E-state index < -0.39 is 11.2 Å². The average Bonchev–Trinajstić information content (AvgIpc) is 3.03. The number of allylic oxidation sites excluding steroid dienone is 1. The van der Waals surface area contributed by atoms with Crippen molar-refractivity contribution in [3.63, 3.8) is 0 Å². The molecule has 0 aliphatic rings. The molecule has 0 spiro atoms. The monoisotopic (exact) mass is 334 g/mol. The molecule has 2 aromatic carbocycles. The second-order valence-electron chi connectivity index (χ2n) is 5.60. The highest BCUT2D eigenvalue weighted by Crippen LogP contribution is 2.25. The number of fused-ring (bicyclic) bond motifs is 3. The van der Waals surface area contributed by atoms with Crippen LogP contribution in [0.25, 0.3) is 28.1 Å². The molecule has 4 rings (SSSR count). The van der Waals surface area contributed by atoms with E-state index in [1.54, 1.807) is 30.3 Å². The third kappa shape index (κ3) is 2.44. The molecule has 0 aliphatic heterocycles. The first-order valence-electron chi connectivity index (χ1n) is 7.75. The molecule has 0 aliphatic carbocycles. The molecule has 124 valence electrons. The number of hydrogen-bond acceptors (Lipinski definition) is 4. The van der Waals surface area contributed by atoms with Gasteiger partial charge in [-0.3, -0.25) is 9.36 Å². The van der Waals surface area contributed by atoms with Gasteiger partial charge in [-0.25, -0.2) is 4.79 Å². The third-order valence-corrected chi connectivity index (χ3v) is 4.04. The normalized spacial score (nSPS) is 11.7. The summed E-state index contributed by atoms with van der Waals surface area (Å²) >= 11 is 0. The fourth-order valence-corrected chi connectivity index (χ4v) is 2.87. The van der Waals surface area contributed by atoms with Crippen LogP contribution < -0.4 is 11.2 Å². The third-order valence-electron chi connectivity index (χ3n) is 4.04. The molecule has 4 aromatic rings. The number of aromatic nitrogens is 2. The summed E-state index contributed by atoms with van der Waals surface area (Å²) in [4.78, 5) is 24.5. The quantitative estimate of drug-likeness (QED) is 0.585. The van der Waals surface area contributed by atoms with Gasteiger partial charge in [-0.2, -0.15) is 0 Å². The largest absolute Gasteiger partial charge is 0.448 e. The van der Waals surface area contributed by atoms with Crippen LogP contribution in [-0.2, 0) is 6.54 Å². The Labute approximate surface area is 141 Å². The molecule has 2 aromatic heterocycles. The lowest BCUT2D eigenvalue weighted by atomic mass is 10.2. The average molecular weight is 334 g/mol.